The molecule has 0 aromatic heterocycles. The Kier molecular flexibility index (Phi) is 7.62. The third kappa shape index (κ3) is 5.58. The standard InChI is InChI=1S/C7H8N2O2.3C2H3.Sn/c8-5-2-1-4(7(10)11)3-6(5)9;3*1-2;/h1-3H,8-9H2,(H,10,11);3*1H,2H2;. The van der Waals surface area contributed by atoms with Crippen molar-refractivity contribution in [1.29, 1.82) is 0 Å². The molecule has 18 heavy (non-hydrogen) atoms. The van der Waals surface area contributed by atoms with E-state index in [0.29, 0.717) is 11.4 Å². The van der Waals surface area contributed by atoms with Gasteiger partial charge in [0.25, 0.3) is 0 Å². The maximum Gasteiger partial charge on any atom is 0.335 e. The molecule has 1 aromatic carbocycles. The average molecular weight is 352 g/mol. The minimum atomic E-state index is -1.36. The normalized spacial score (nSPS) is 8.94. The maximum absolute atomic E-state index is 10.4. The number of nitrogens with two attached hydrogens (primary N) is 2. The summed E-state index contributed by atoms with van der Waals surface area (Å²) in [7, 11) is 0. The molecule has 0 amide bonds. The molecule has 0 bridgehead atoms. The summed E-state index contributed by atoms with van der Waals surface area (Å²) in [5.74, 6) is -1.00. The van der Waals surface area contributed by atoms with Gasteiger partial charge in [0.15, 0.2) is 0 Å². The van der Waals surface area contributed by atoms with Gasteiger partial charge in [-0.25, -0.2) is 4.79 Å². The molecule has 0 aliphatic carbocycles. The first kappa shape index (κ1) is 16.3. The molecule has 1 radical (unpaired) electrons. The molecule has 0 unspecified atom stereocenters. The molecule has 0 aliphatic heterocycles. The molecule has 0 heterocycles. The monoisotopic (exact) mass is 353 g/mol. The molecule has 0 fully saturated rings. The second kappa shape index (κ2) is 8.41. The molecular formula is C13H17N2O2Sn. The third-order valence-corrected chi connectivity index (χ3v) is 6.08. The molecule has 5 N–H and O–H groups in total. The van der Waals surface area contributed by atoms with Gasteiger partial charge in [-0.1, -0.05) is 0 Å². The van der Waals surface area contributed by atoms with Gasteiger partial charge in [-0.15, -0.1) is 0 Å². The fourth-order valence-electron chi connectivity index (χ4n) is 0.958. The van der Waals surface area contributed by atoms with Crippen molar-refractivity contribution in [2.24, 2.45) is 0 Å². The number of nitrogen functional groups attached to an aromatic ring is 2. The van der Waals surface area contributed by atoms with Crippen LogP contribution in [-0.4, -0.2) is 30.8 Å². The van der Waals surface area contributed by atoms with Crippen molar-refractivity contribution < 1.29 is 9.90 Å². The first-order valence-corrected chi connectivity index (χ1v) is 10.0. The summed E-state index contributed by atoms with van der Waals surface area (Å²) in [5, 5.41) is 8.50. The fourth-order valence-corrected chi connectivity index (χ4v) is 2.38. The van der Waals surface area contributed by atoms with Crippen molar-refractivity contribution in [3.63, 3.8) is 0 Å². The molecule has 95 valence electrons. The van der Waals surface area contributed by atoms with E-state index in [1.54, 1.807) is 0 Å². The SMILES string of the molecule is C=[CH][Sn]([CH]=C)[CH]=C.Nc1ccc(C(=O)O)cc1N. The van der Waals surface area contributed by atoms with Crippen molar-refractivity contribution in [2.75, 3.05) is 11.5 Å². The van der Waals surface area contributed by atoms with Crippen LogP contribution in [0.4, 0.5) is 11.4 Å². The summed E-state index contributed by atoms with van der Waals surface area (Å²) in [6.07, 6.45) is 0. The number of hydrogen-bond donors (Lipinski definition) is 3. The van der Waals surface area contributed by atoms with Gasteiger partial charge in [0, 0.05) is 0 Å². The zero-order valence-corrected chi connectivity index (χ0v) is 12.9. The minimum absolute atomic E-state index is 0.150. The molecule has 1 aromatic rings. The van der Waals surface area contributed by atoms with Crippen molar-refractivity contribution in [3.05, 3.63) is 55.8 Å². The van der Waals surface area contributed by atoms with E-state index in [4.69, 9.17) is 16.6 Å². The second-order valence-corrected chi connectivity index (χ2v) is 9.61. The van der Waals surface area contributed by atoms with Gasteiger partial charge in [-0.05, 0) is 18.2 Å². The summed E-state index contributed by atoms with van der Waals surface area (Å²) >= 11 is -1.36. The number of carboxylic acids is 1. The Bertz CT molecular complexity index is 439. The van der Waals surface area contributed by atoms with Crippen LogP contribution in [0.2, 0.25) is 0 Å². The quantitative estimate of drug-likeness (QED) is 0.573. The van der Waals surface area contributed by atoms with Crippen molar-refractivity contribution in [2.45, 2.75) is 0 Å². The number of benzene rings is 1. The Balaban J connectivity index is 0.000000360. The molecule has 0 saturated carbocycles. The molecule has 5 heteroatoms. The first-order chi connectivity index (χ1) is 8.46. The number of rotatable bonds is 4. The van der Waals surface area contributed by atoms with Crippen LogP contribution in [0.25, 0.3) is 0 Å². The Labute approximate surface area is 114 Å². The summed E-state index contributed by atoms with van der Waals surface area (Å²) in [4.78, 5) is 10.4. The molecule has 4 nitrogen and oxygen atoms in total. The number of aromatic carboxylic acids is 1. The van der Waals surface area contributed by atoms with E-state index in [1.165, 1.54) is 18.2 Å². The smallest absolute Gasteiger partial charge is 0.335 e. The predicted molar refractivity (Wildman–Crippen MR) is 78.6 cm³/mol. The van der Waals surface area contributed by atoms with E-state index in [2.05, 4.69) is 19.7 Å². The predicted octanol–water partition coefficient (Wildman–Crippen LogP) is 2.21. The van der Waals surface area contributed by atoms with E-state index in [-0.39, 0.29) is 5.56 Å². The number of anilines is 2. The third-order valence-electron chi connectivity index (χ3n) is 2.04. The first-order valence-electron chi connectivity index (χ1n) is 5.08. The molecule has 0 saturated heterocycles. The Morgan fingerprint density at radius 3 is 1.89 bits per heavy atom. The van der Waals surface area contributed by atoms with Crippen molar-refractivity contribution in [1.82, 2.24) is 0 Å². The molecule has 1 rings (SSSR count). The Morgan fingerprint density at radius 1 is 1.11 bits per heavy atom. The van der Waals surface area contributed by atoms with Gasteiger partial charge in [0.1, 0.15) is 0 Å². The van der Waals surface area contributed by atoms with E-state index < -0.39 is 25.7 Å². The summed E-state index contributed by atoms with van der Waals surface area (Å²) in [6.45, 7) is 10.9. The summed E-state index contributed by atoms with van der Waals surface area (Å²) in [5.41, 5.74) is 11.6. The molecule has 0 aliphatic rings. The van der Waals surface area contributed by atoms with Crippen LogP contribution in [0, 0.1) is 0 Å². The zero-order valence-electron chi connectivity index (χ0n) is 10.1. The van der Waals surface area contributed by atoms with Crippen LogP contribution in [0.5, 0.6) is 0 Å². The van der Waals surface area contributed by atoms with Crippen LogP contribution in [-0.2, 0) is 0 Å². The molecule has 0 spiro atoms. The zero-order chi connectivity index (χ0) is 14.1. The van der Waals surface area contributed by atoms with Crippen LogP contribution in [0.1, 0.15) is 10.4 Å². The minimum Gasteiger partial charge on any atom is -0.478 e. The maximum atomic E-state index is 10.4. The number of hydrogen-bond acceptors (Lipinski definition) is 3. The van der Waals surface area contributed by atoms with Crippen LogP contribution < -0.4 is 11.5 Å². The Hall–Kier alpha value is -1.69. The van der Waals surface area contributed by atoms with Crippen LogP contribution in [0.15, 0.2) is 50.2 Å². The van der Waals surface area contributed by atoms with Gasteiger partial charge in [0.2, 0.25) is 0 Å². The van der Waals surface area contributed by atoms with Crippen molar-refractivity contribution >= 4 is 37.1 Å². The topological polar surface area (TPSA) is 89.3 Å². The van der Waals surface area contributed by atoms with Gasteiger partial charge in [0.05, 0.1) is 16.9 Å². The van der Waals surface area contributed by atoms with Crippen LogP contribution in [0.3, 0.4) is 0 Å². The van der Waals surface area contributed by atoms with E-state index in [0.717, 1.165) is 0 Å². The van der Waals surface area contributed by atoms with E-state index in [9.17, 15) is 4.79 Å². The van der Waals surface area contributed by atoms with Gasteiger partial charge < -0.3 is 16.6 Å². The van der Waals surface area contributed by atoms with Crippen molar-refractivity contribution in [3.8, 4) is 0 Å². The fraction of sp³-hybridized carbons (Fsp3) is 0. The average Bonchev–Trinajstić information content (AvgIpc) is 2.35. The Morgan fingerprint density at radius 2 is 1.61 bits per heavy atom. The molecule has 0 atom stereocenters. The van der Waals surface area contributed by atoms with E-state index >= 15 is 0 Å². The second-order valence-electron chi connectivity index (χ2n) is 3.26. The number of carbonyl (C=O) groups is 1. The number of carboxylic acid groups (broad SMARTS) is 1. The van der Waals surface area contributed by atoms with Crippen LogP contribution >= 0.6 is 0 Å². The summed E-state index contributed by atoms with van der Waals surface area (Å²) < 4.78 is 5.96. The van der Waals surface area contributed by atoms with Gasteiger partial charge in [-0.3, -0.25) is 0 Å². The summed E-state index contributed by atoms with van der Waals surface area (Å²) in [6, 6.07) is 4.21. The molecular weight excluding hydrogens is 335 g/mol. The largest absolute Gasteiger partial charge is 0.478 e. The van der Waals surface area contributed by atoms with Gasteiger partial charge in [-0.2, -0.15) is 0 Å². The van der Waals surface area contributed by atoms with Gasteiger partial charge >= 0.3 is 57.7 Å². The van der Waals surface area contributed by atoms with E-state index in [1.807, 2.05) is 12.3 Å².